The van der Waals surface area contributed by atoms with Crippen LogP contribution in [0.4, 0.5) is 5.95 Å². The van der Waals surface area contributed by atoms with E-state index in [4.69, 9.17) is 4.74 Å². The molecule has 0 atom stereocenters. The molecule has 1 aromatic heterocycles. The van der Waals surface area contributed by atoms with Gasteiger partial charge < -0.3 is 10.1 Å². The van der Waals surface area contributed by atoms with Gasteiger partial charge in [-0.3, -0.25) is 9.78 Å². The molecule has 0 fully saturated rings. The molecule has 112 valence electrons. The summed E-state index contributed by atoms with van der Waals surface area (Å²) in [6, 6.07) is 9.70. The maximum atomic E-state index is 11.6. The van der Waals surface area contributed by atoms with Gasteiger partial charge in [0.1, 0.15) is 5.75 Å². The molecule has 1 heterocycles. The maximum Gasteiger partial charge on any atom is 0.252 e. The molecule has 0 aliphatic carbocycles. The number of aromatic amines is 1. The highest BCUT2D eigenvalue weighted by Crippen LogP contribution is 2.14. The normalized spacial score (nSPS) is 10.7. The van der Waals surface area contributed by atoms with Crippen molar-refractivity contribution in [1.82, 2.24) is 9.97 Å². The Morgan fingerprint density at radius 1 is 1.29 bits per heavy atom. The molecule has 0 spiro atoms. The average molecular weight is 287 g/mol. The first-order valence-corrected chi connectivity index (χ1v) is 7.06. The van der Waals surface area contributed by atoms with Crippen molar-refractivity contribution >= 4 is 5.95 Å². The van der Waals surface area contributed by atoms with Gasteiger partial charge in [0, 0.05) is 12.1 Å². The Kier molecular flexibility index (Phi) is 4.98. The Bertz CT molecular complexity index is 650. The minimum absolute atomic E-state index is 0.131. The minimum atomic E-state index is -0.131. The van der Waals surface area contributed by atoms with E-state index < -0.39 is 0 Å². The third kappa shape index (κ3) is 4.63. The van der Waals surface area contributed by atoms with Crippen LogP contribution >= 0.6 is 0 Å². The van der Waals surface area contributed by atoms with Crippen LogP contribution < -0.4 is 15.6 Å². The highest BCUT2D eigenvalue weighted by Gasteiger charge is 2.04. The van der Waals surface area contributed by atoms with E-state index in [9.17, 15) is 4.79 Å². The van der Waals surface area contributed by atoms with Crippen molar-refractivity contribution in [2.75, 3.05) is 12.4 Å². The summed E-state index contributed by atoms with van der Waals surface area (Å²) in [5, 5.41) is 3.12. The first-order valence-electron chi connectivity index (χ1n) is 7.06. The molecule has 0 aliphatic rings. The molecular formula is C16H21N3O2. The molecule has 5 heteroatoms. The monoisotopic (exact) mass is 287 g/mol. The lowest BCUT2D eigenvalue weighted by Gasteiger charge is -2.10. The second kappa shape index (κ2) is 6.92. The highest BCUT2D eigenvalue weighted by atomic mass is 16.5. The number of hydrogen-bond acceptors (Lipinski definition) is 4. The van der Waals surface area contributed by atoms with E-state index in [1.54, 1.807) is 13.2 Å². The van der Waals surface area contributed by atoms with E-state index in [0.29, 0.717) is 12.4 Å². The number of methoxy groups -OCH3 is 1. The van der Waals surface area contributed by atoms with E-state index in [1.807, 2.05) is 38.1 Å². The molecule has 5 nitrogen and oxygen atoms in total. The number of nitrogens with zero attached hydrogens (tertiary/aromatic N) is 1. The van der Waals surface area contributed by atoms with Crippen molar-refractivity contribution in [3.8, 4) is 5.75 Å². The molecule has 0 saturated carbocycles. The molecule has 2 aromatic rings. The van der Waals surface area contributed by atoms with Crippen molar-refractivity contribution in [3.63, 3.8) is 0 Å². The van der Waals surface area contributed by atoms with Crippen molar-refractivity contribution in [2.45, 2.75) is 32.7 Å². The van der Waals surface area contributed by atoms with E-state index in [-0.39, 0.29) is 11.6 Å². The number of ether oxygens (including phenoxy) is 1. The summed E-state index contributed by atoms with van der Waals surface area (Å²) in [7, 11) is 1.65. The van der Waals surface area contributed by atoms with Gasteiger partial charge in [0.15, 0.2) is 0 Å². The summed E-state index contributed by atoms with van der Waals surface area (Å²) < 4.78 is 5.21. The summed E-state index contributed by atoms with van der Waals surface area (Å²) in [6.45, 7) is 4.01. The molecule has 21 heavy (non-hydrogen) atoms. The molecule has 0 amide bonds. The molecular weight excluding hydrogens is 266 g/mol. The first kappa shape index (κ1) is 15.1. The molecule has 0 saturated heterocycles. The quantitative estimate of drug-likeness (QED) is 0.856. The van der Waals surface area contributed by atoms with Gasteiger partial charge in [0.05, 0.1) is 12.8 Å². The van der Waals surface area contributed by atoms with Crippen LogP contribution in [0.3, 0.4) is 0 Å². The smallest absolute Gasteiger partial charge is 0.252 e. The second-order valence-electron chi connectivity index (χ2n) is 5.24. The highest BCUT2D eigenvalue weighted by molar-refractivity contribution is 5.30. The van der Waals surface area contributed by atoms with Crippen molar-refractivity contribution in [3.05, 3.63) is 51.9 Å². The summed E-state index contributed by atoms with van der Waals surface area (Å²) in [6.07, 6.45) is 1.53. The van der Waals surface area contributed by atoms with Gasteiger partial charge >= 0.3 is 0 Å². The van der Waals surface area contributed by atoms with Gasteiger partial charge in [-0.25, -0.2) is 4.98 Å². The van der Waals surface area contributed by atoms with E-state index >= 15 is 0 Å². The van der Waals surface area contributed by atoms with Gasteiger partial charge in [-0.05, 0) is 44.4 Å². The fourth-order valence-electron chi connectivity index (χ4n) is 2.08. The van der Waals surface area contributed by atoms with Crippen LogP contribution in [0.2, 0.25) is 0 Å². The zero-order chi connectivity index (χ0) is 15.2. The van der Waals surface area contributed by atoms with Crippen LogP contribution in [0.1, 0.15) is 25.1 Å². The molecule has 0 unspecified atom stereocenters. The summed E-state index contributed by atoms with van der Waals surface area (Å²) >= 11 is 0. The molecule has 0 aliphatic heterocycles. The molecule has 0 radical (unpaired) electrons. The van der Waals surface area contributed by atoms with Crippen LogP contribution in [0.25, 0.3) is 0 Å². The number of hydrogen-bond donors (Lipinski definition) is 2. The second-order valence-corrected chi connectivity index (χ2v) is 5.24. The van der Waals surface area contributed by atoms with E-state index in [1.165, 1.54) is 0 Å². The molecule has 2 rings (SSSR count). The maximum absolute atomic E-state index is 11.6. The Balaban J connectivity index is 2.08. The average Bonchev–Trinajstić information content (AvgIpc) is 2.44. The van der Waals surface area contributed by atoms with Gasteiger partial charge in [-0.1, -0.05) is 12.1 Å². The Morgan fingerprint density at radius 2 is 2.10 bits per heavy atom. The van der Waals surface area contributed by atoms with Gasteiger partial charge in [0.2, 0.25) is 5.95 Å². The minimum Gasteiger partial charge on any atom is -0.497 e. The topological polar surface area (TPSA) is 67.0 Å². The Labute approximate surface area is 124 Å². The van der Waals surface area contributed by atoms with Crippen LogP contribution in [-0.4, -0.2) is 23.1 Å². The predicted molar refractivity (Wildman–Crippen MR) is 84.0 cm³/mol. The lowest BCUT2D eigenvalue weighted by Crippen LogP contribution is -2.18. The van der Waals surface area contributed by atoms with E-state index in [2.05, 4.69) is 15.3 Å². The number of anilines is 1. The number of rotatable bonds is 6. The van der Waals surface area contributed by atoms with Crippen LogP contribution in [-0.2, 0) is 12.8 Å². The van der Waals surface area contributed by atoms with Crippen LogP contribution in [0.15, 0.2) is 35.1 Å². The summed E-state index contributed by atoms with van der Waals surface area (Å²) in [5.41, 5.74) is 1.81. The van der Waals surface area contributed by atoms with Crippen molar-refractivity contribution in [1.29, 1.82) is 0 Å². The zero-order valence-corrected chi connectivity index (χ0v) is 12.6. The molecule has 1 aromatic carbocycles. The summed E-state index contributed by atoms with van der Waals surface area (Å²) in [4.78, 5) is 18.8. The van der Waals surface area contributed by atoms with Crippen molar-refractivity contribution < 1.29 is 4.74 Å². The van der Waals surface area contributed by atoms with Crippen LogP contribution in [0, 0.1) is 0 Å². The van der Waals surface area contributed by atoms with Gasteiger partial charge in [-0.15, -0.1) is 0 Å². The largest absolute Gasteiger partial charge is 0.497 e. The predicted octanol–water partition coefficient (Wildman–Crippen LogP) is 2.38. The number of H-pyrrole nitrogens is 1. The third-order valence-electron chi connectivity index (χ3n) is 3.02. The standard InChI is InChI=1S/C16H21N3O2/c1-11(2)17-16-18-13(10-15(20)19-16)8-7-12-5-4-6-14(9-12)21-3/h4-6,9-11H,7-8H2,1-3H3,(H2,17,18,19,20). The zero-order valence-electron chi connectivity index (χ0n) is 12.6. The fourth-order valence-corrected chi connectivity index (χ4v) is 2.08. The van der Waals surface area contributed by atoms with Gasteiger partial charge in [0.25, 0.3) is 5.56 Å². The lowest BCUT2D eigenvalue weighted by atomic mass is 10.1. The molecule has 2 N–H and O–H groups in total. The number of aromatic nitrogens is 2. The summed E-state index contributed by atoms with van der Waals surface area (Å²) in [5.74, 6) is 1.37. The number of nitrogens with one attached hydrogen (secondary N) is 2. The lowest BCUT2D eigenvalue weighted by molar-refractivity contribution is 0.414. The molecule has 0 bridgehead atoms. The number of benzene rings is 1. The van der Waals surface area contributed by atoms with Gasteiger partial charge in [-0.2, -0.15) is 0 Å². The SMILES string of the molecule is COc1cccc(CCc2cc(=O)[nH]c(NC(C)C)n2)c1. The van der Waals surface area contributed by atoms with E-state index in [0.717, 1.165) is 23.4 Å². The first-order chi connectivity index (χ1) is 10.1. The fraction of sp³-hybridized carbons (Fsp3) is 0.375. The Hall–Kier alpha value is -2.30. The third-order valence-corrected chi connectivity index (χ3v) is 3.02. The van der Waals surface area contributed by atoms with Crippen molar-refractivity contribution in [2.24, 2.45) is 0 Å². The Morgan fingerprint density at radius 3 is 2.81 bits per heavy atom. The number of aryl methyl sites for hydroxylation is 2. The van der Waals surface area contributed by atoms with Crippen LogP contribution in [0.5, 0.6) is 5.75 Å².